The number of benzene rings is 1. The zero-order valence-electron chi connectivity index (χ0n) is 19.4. The van der Waals surface area contributed by atoms with Gasteiger partial charge in [0, 0.05) is 18.7 Å². The Bertz CT molecular complexity index is 1020. The molecule has 0 spiro atoms. The number of nitrogens with zero attached hydrogens (tertiary/aromatic N) is 2. The quantitative estimate of drug-likeness (QED) is 0.112. The molecule has 0 bridgehead atoms. The molecule has 0 aliphatic carbocycles. The van der Waals surface area contributed by atoms with Gasteiger partial charge in [0.2, 0.25) is 0 Å². The maximum atomic E-state index is 12.0. The number of unbranched alkanes of at least 4 members (excludes halogenated alkanes) is 2. The Hall–Kier alpha value is -3.67. The van der Waals surface area contributed by atoms with E-state index in [1.807, 2.05) is 0 Å². The third-order valence-electron chi connectivity index (χ3n) is 4.64. The van der Waals surface area contributed by atoms with Gasteiger partial charge in [-0.3, -0.25) is 14.5 Å². The fourth-order valence-corrected chi connectivity index (χ4v) is 3.81. The summed E-state index contributed by atoms with van der Waals surface area (Å²) in [5.74, 6) is -1.64. The van der Waals surface area contributed by atoms with E-state index < -0.39 is 20.1 Å². The van der Waals surface area contributed by atoms with Crippen LogP contribution in [0.2, 0.25) is 0 Å². The second-order valence-corrected chi connectivity index (χ2v) is 9.46. The summed E-state index contributed by atoms with van der Waals surface area (Å²) in [6, 6.07) is 6.48. The average Bonchev–Trinajstić information content (AvgIpc) is 3.08. The Labute approximate surface area is 202 Å². The second kappa shape index (κ2) is 12.7. The minimum atomic E-state index is -3.91. The van der Waals surface area contributed by atoms with E-state index in [2.05, 4.69) is 20.4 Å². The molecule has 1 heterocycles. The molecule has 0 saturated carbocycles. The van der Waals surface area contributed by atoms with Crippen LogP contribution >= 0.6 is 8.02 Å². The zero-order valence-corrected chi connectivity index (χ0v) is 20.4. The molecular formula is C21H29N6O7P. The number of nitrogens with two attached hydrogens (primary N) is 2. The van der Waals surface area contributed by atoms with Crippen molar-refractivity contribution < 1.29 is 33.0 Å². The SMILES string of the molecule is CC(=O)O[PH](N)(N)OC(=O)Nc1ccc(/C(C)=N/NC(=O)CCCCCN2C(=O)C=CC2=O)cc1. The predicted octanol–water partition coefficient (Wildman–Crippen LogP) is 1.45. The molecule has 2 rings (SSSR count). The van der Waals surface area contributed by atoms with Crippen molar-refractivity contribution in [1.29, 1.82) is 0 Å². The summed E-state index contributed by atoms with van der Waals surface area (Å²) in [5, 5.41) is 6.48. The van der Waals surface area contributed by atoms with E-state index in [9.17, 15) is 24.0 Å². The molecule has 0 unspecified atom stereocenters. The minimum absolute atomic E-state index is 0.252. The molecule has 1 aliphatic heterocycles. The number of hydrogen-bond donors (Lipinski definition) is 4. The van der Waals surface area contributed by atoms with E-state index in [0.717, 1.165) is 6.92 Å². The first-order valence-electron chi connectivity index (χ1n) is 10.7. The van der Waals surface area contributed by atoms with Crippen molar-refractivity contribution in [1.82, 2.24) is 10.3 Å². The molecule has 0 aromatic heterocycles. The van der Waals surface area contributed by atoms with Gasteiger partial charge in [-0.25, -0.2) is 0 Å². The van der Waals surface area contributed by atoms with Crippen molar-refractivity contribution in [2.75, 3.05) is 11.9 Å². The van der Waals surface area contributed by atoms with Crippen LogP contribution in [0.1, 0.15) is 45.1 Å². The standard InChI is InChI=1S/C21H29N6O7P/c1-14(25-26-18(29)6-4-3-5-13-27-19(30)11-12-20(27)31)16-7-9-17(10-8-16)24-21(32)34-35(22,23)33-15(2)28/h7-12,35H,3-6,13,22-23H2,1-2H3,(H,24,32)(H,26,29)/b25-14+. The van der Waals surface area contributed by atoms with E-state index >= 15 is 0 Å². The Balaban J connectivity index is 1.72. The number of carbonyl (C=O) groups excluding carboxylic acids is 5. The number of nitrogens with one attached hydrogen (secondary N) is 2. The topological polar surface area (TPSA) is 196 Å². The van der Waals surface area contributed by atoms with Crippen LogP contribution < -0.4 is 21.8 Å². The van der Waals surface area contributed by atoms with Gasteiger partial charge in [-0.15, -0.1) is 0 Å². The summed E-state index contributed by atoms with van der Waals surface area (Å²) < 4.78 is 9.37. The predicted molar refractivity (Wildman–Crippen MR) is 130 cm³/mol. The van der Waals surface area contributed by atoms with Gasteiger partial charge in [-0.05, 0) is 12.8 Å². The van der Waals surface area contributed by atoms with Gasteiger partial charge < -0.3 is 0 Å². The van der Waals surface area contributed by atoms with Gasteiger partial charge in [0.15, 0.2) is 0 Å². The molecule has 14 heteroatoms. The average molecular weight is 508 g/mol. The first kappa shape index (κ1) is 27.6. The third kappa shape index (κ3) is 9.61. The Kier molecular flexibility index (Phi) is 10.0. The summed E-state index contributed by atoms with van der Waals surface area (Å²) in [7, 11) is -3.91. The molecule has 35 heavy (non-hydrogen) atoms. The van der Waals surface area contributed by atoms with Gasteiger partial charge in [0.25, 0.3) is 11.8 Å². The van der Waals surface area contributed by atoms with E-state index in [4.69, 9.17) is 15.5 Å². The van der Waals surface area contributed by atoms with Gasteiger partial charge in [-0.1, -0.05) is 6.42 Å². The van der Waals surface area contributed by atoms with Crippen molar-refractivity contribution in [3.05, 3.63) is 42.0 Å². The summed E-state index contributed by atoms with van der Waals surface area (Å²) in [4.78, 5) is 58.9. The summed E-state index contributed by atoms with van der Waals surface area (Å²) in [6.45, 7) is 3.13. The van der Waals surface area contributed by atoms with Gasteiger partial charge in [0.05, 0.1) is 0 Å². The van der Waals surface area contributed by atoms with Crippen LogP contribution in [0.3, 0.4) is 0 Å². The number of anilines is 1. The second-order valence-electron chi connectivity index (χ2n) is 7.61. The summed E-state index contributed by atoms with van der Waals surface area (Å²) in [6.07, 6.45) is 3.67. The van der Waals surface area contributed by atoms with Gasteiger partial charge >= 0.3 is 138 Å². The molecule has 0 atom stereocenters. The molecule has 13 nitrogen and oxygen atoms in total. The van der Waals surface area contributed by atoms with Crippen LogP contribution in [-0.2, 0) is 28.2 Å². The Morgan fingerprint density at radius 3 is 2.20 bits per heavy atom. The number of imide groups is 1. The van der Waals surface area contributed by atoms with Crippen LogP contribution in [0.5, 0.6) is 0 Å². The molecule has 6 N–H and O–H groups in total. The van der Waals surface area contributed by atoms with E-state index in [0.29, 0.717) is 42.8 Å². The fraction of sp³-hybridized carbons (Fsp3) is 0.333. The van der Waals surface area contributed by atoms with E-state index in [-0.39, 0.29) is 24.1 Å². The fourth-order valence-electron chi connectivity index (χ4n) is 2.98. The van der Waals surface area contributed by atoms with Crippen LogP contribution in [0.15, 0.2) is 41.5 Å². The summed E-state index contributed by atoms with van der Waals surface area (Å²) in [5.41, 5.74) is 15.1. The molecule has 0 saturated heterocycles. The monoisotopic (exact) mass is 508 g/mol. The van der Waals surface area contributed by atoms with Crippen molar-refractivity contribution in [3.8, 4) is 0 Å². The van der Waals surface area contributed by atoms with E-state index in [1.54, 1.807) is 31.2 Å². The number of rotatable bonds is 11. The normalized spacial score (nSPS) is 14.1. The van der Waals surface area contributed by atoms with Gasteiger partial charge in [-0.2, -0.15) is 0 Å². The zero-order chi connectivity index (χ0) is 26.0. The van der Waals surface area contributed by atoms with Crippen LogP contribution in [-0.4, -0.2) is 46.9 Å². The number of hydrogen-bond acceptors (Lipinski definition) is 10. The first-order valence-corrected chi connectivity index (χ1v) is 12.7. The number of carbonyl (C=O) groups is 5. The first-order chi connectivity index (χ1) is 16.5. The third-order valence-corrected chi connectivity index (χ3v) is 5.75. The summed E-state index contributed by atoms with van der Waals surface area (Å²) >= 11 is 0. The number of hydrazone groups is 1. The molecule has 4 amide bonds. The van der Waals surface area contributed by atoms with Crippen LogP contribution in [0, 0.1) is 0 Å². The van der Waals surface area contributed by atoms with Crippen LogP contribution in [0.25, 0.3) is 0 Å². The molecule has 1 aromatic carbocycles. The van der Waals surface area contributed by atoms with Crippen molar-refractivity contribution in [2.24, 2.45) is 16.1 Å². The molecule has 0 fully saturated rings. The Morgan fingerprint density at radius 1 is 0.971 bits per heavy atom. The molecule has 190 valence electrons. The van der Waals surface area contributed by atoms with E-state index in [1.165, 1.54) is 17.1 Å². The maximum absolute atomic E-state index is 12.0. The molecular weight excluding hydrogens is 479 g/mol. The number of amides is 4. The van der Waals surface area contributed by atoms with Crippen molar-refractivity contribution in [2.45, 2.75) is 39.5 Å². The van der Waals surface area contributed by atoms with Crippen LogP contribution in [0.4, 0.5) is 10.5 Å². The van der Waals surface area contributed by atoms with Gasteiger partial charge in [0.1, 0.15) is 0 Å². The van der Waals surface area contributed by atoms with Crippen molar-refractivity contribution in [3.63, 3.8) is 0 Å². The molecule has 1 aliphatic rings. The molecule has 0 radical (unpaired) electrons. The Morgan fingerprint density at radius 2 is 1.60 bits per heavy atom. The molecule has 1 aromatic rings. The van der Waals surface area contributed by atoms with Crippen molar-refractivity contribution >= 4 is 49.2 Å².